The molecule has 0 bridgehead atoms. The number of nitrogens with zero attached hydrogens (tertiary/aromatic N) is 3. The van der Waals surface area contributed by atoms with E-state index in [-0.39, 0.29) is 29.6 Å². The molecule has 0 N–H and O–H groups in total. The standard InChI is InChI=1S/C23H32FN3O4/c1-23(2,3)31-22(30)27-13-9-18(10-14-27)21(29)26-12-4-11-25(15-16-26)20(28)17-5-7-19(24)8-6-17/h5-8,18H,4,9-16H2,1-3H3. The molecule has 0 saturated carbocycles. The van der Waals surface area contributed by atoms with Gasteiger partial charge >= 0.3 is 6.09 Å². The van der Waals surface area contributed by atoms with Crippen molar-refractivity contribution in [2.45, 2.75) is 45.6 Å². The second kappa shape index (κ2) is 9.66. The highest BCUT2D eigenvalue weighted by Crippen LogP contribution is 2.22. The minimum absolute atomic E-state index is 0.0971. The van der Waals surface area contributed by atoms with Crippen molar-refractivity contribution in [3.8, 4) is 0 Å². The molecule has 0 aliphatic carbocycles. The van der Waals surface area contributed by atoms with Crippen LogP contribution in [-0.4, -0.2) is 77.5 Å². The Morgan fingerprint density at radius 2 is 1.45 bits per heavy atom. The molecule has 7 nitrogen and oxygen atoms in total. The Labute approximate surface area is 183 Å². The van der Waals surface area contributed by atoms with Crippen LogP contribution in [0.5, 0.6) is 0 Å². The number of amides is 3. The van der Waals surface area contributed by atoms with E-state index >= 15 is 0 Å². The van der Waals surface area contributed by atoms with Crippen LogP contribution in [0.3, 0.4) is 0 Å². The molecule has 3 rings (SSSR count). The van der Waals surface area contributed by atoms with Gasteiger partial charge in [0.1, 0.15) is 11.4 Å². The maximum absolute atomic E-state index is 13.1. The number of benzene rings is 1. The third-order valence-electron chi connectivity index (χ3n) is 5.68. The quantitative estimate of drug-likeness (QED) is 0.719. The van der Waals surface area contributed by atoms with Crippen molar-refractivity contribution in [1.29, 1.82) is 0 Å². The number of carbonyl (C=O) groups is 3. The summed E-state index contributed by atoms with van der Waals surface area (Å²) in [5, 5.41) is 0. The first kappa shape index (κ1) is 23.0. The van der Waals surface area contributed by atoms with Gasteiger partial charge in [0.05, 0.1) is 0 Å². The van der Waals surface area contributed by atoms with Crippen LogP contribution in [0.2, 0.25) is 0 Å². The lowest BCUT2D eigenvalue weighted by molar-refractivity contribution is -0.137. The minimum Gasteiger partial charge on any atom is -0.444 e. The molecule has 0 spiro atoms. The van der Waals surface area contributed by atoms with Crippen LogP contribution in [0.1, 0.15) is 50.4 Å². The van der Waals surface area contributed by atoms with Gasteiger partial charge in [0.2, 0.25) is 5.91 Å². The summed E-state index contributed by atoms with van der Waals surface area (Å²) in [5.74, 6) is -0.528. The number of ether oxygens (including phenoxy) is 1. The third kappa shape index (κ3) is 6.18. The maximum atomic E-state index is 13.1. The monoisotopic (exact) mass is 433 g/mol. The fourth-order valence-corrected chi connectivity index (χ4v) is 4.01. The molecule has 2 fully saturated rings. The first-order chi connectivity index (χ1) is 14.6. The lowest BCUT2D eigenvalue weighted by Crippen LogP contribution is -2.46. The molecule has 2 saturated heterocycles. The highest BCUT2D eigenvalue weighted by Gasteiger charge is 2.33. The zero-order valence-corrected chi connectivity index (χ0v) is 18.6. The fourth-order valence-electron chi connectivity index (χ4n) is 4.01. The Balaban J connectivity index is 1.50. The smallest absolute Gasteiger partial charge is 0.410 e. The van der Waals surface area contributed by atoms with E-state index in [1.165, 1.54) is 24.3 Å². The van der Waals surface area contributed by atoms with Crippen molar-refractivity contribution in [2.75, 3.05) is 39.3 Å². The van der Waals surface area contributed by atoms with E-state index in [0.29, 0.717) is 64.1 Å². The van der Waals surface area contributed by atoms with Crippen molar-refractivity contribution in [1.82, 2.24) is 14.7 Å². The molecule has 170 valence electrons. The Morgan fingerprint density at radius 3 is 2.06 bits per heavy atom. The van der Waals surface area contributed by atoms with Crippen molar-refractivity contribution in [3.05, 3.63) is 35.6 Å². The van der Waals surface area contributed by atoms with Gasteiger partial charge in [0.15, 0.2) is 0 Å². The average Bonchev–Trinajstić information content (AvgIpc) is 2.98. The summed E-state index contributed by atoms with van der Waals surface area (Å²) >= 11 is 0. The van der Waals surface area contributed by atoms with Gasteiger partial charge in [-0.15, -0.1) is 0 Å². The molecule has 2 heterocycles. The number of halogens is 1. The lowest BCUT2D eigenvalue weighted by Gasteiger charge is -2.34. The van der Waals surface area contributed by atoms with Gasteiger partial charge in [-0.25, -0.2) is 9.18 Å². The van der Waals surface area contributed by atoms with Gasteiger partial charge in [0, 0.05) is 50.7 Å². The number of piperidine rings is 1. The van der Waals surface area contributed by atoms with E-state index < -0.39 is 5.60 Å². The molecular formula is C23H32FN3O4. The minimum atomic E-state index is -0.535. The second-order valence-corrected chi connectivity index (χ2v) is 9.22. The van der Waals surface area contributed by atoms with Crippen LogP contribution in [-0.2, 0) is 9.53 Å². The molecule has 1 aromatic rings. The molecule has 0 aromatic heterocycles. The van der Waals surface area contributed by atoms with Gasteiger partial charge in [-0.1, -0.05) is 0 Å². The summed E-state index contributed by atoms with van der Waals surface area (Å²) in [6, 6.07) is 5.54. The van der Waals surface area contributed by atoms with E-state index in [9.17, 15) is 18.8 Å². The normalized spacial score (nSPS) is 18.5. The largest absolute Gasteiger partial charge is 0.444 e. The number of hydrogen-bond donors (Lipinski definition) is 0. The molecule has 2 aliphatic rings. The number of hydrogen-bond acceptors (Lipinski definition) is 4. The van der Waals surface area contributed by atoms with E-state index in [1.807, 2.05) is 25.7 Å². The van der Waals surface area contributed by atoms with E-state index in [4.69, 9.17) is 4.74 Å². The molecule has 8 heteroatoms. The molecule has 31 heavy (non-hydrogen) atoms. The van der Waals surface area contributed by atoms with E-state index in [1.54, 1.807) is 9.80 Å². The zero-order valence-electron chi connectivity index (χ0n) is 18.6. The first-order valence-electron chi connectivity index (χ1n) is 11.0. The predicted octanol–water partition coefficient (Wildman–Crippen LogP) is 3.15. The first-order valence-corrected chi connectivity index (χ1v) is 11.0. The van der Waals surface area contributed by atoms with Crippen LogP contribution < -0.4 is 0 Å². The number of likely N-dealkylation sites (tertiary alicyclic amines) is 1. The topological polar surface area (TPSA) is 70.2 Å². The molecule has 3 amide bonds. The van der Waals surface area contributed by atoms with Crippen LogP contribution in [0.15, 0.2) is 24.3 Å². The Hall–Kier alpha value is -2.64. The summed E-state index contributed by atoms with van der Waals surface area (Å²) in [5.41, 5.74) is -0.0804. The molecule has 0 unspecified atom stereocenters. The number of carbonyl (C=O) groups excluding carboxylic acids is 3. The fraction of sp³-hybridized carbons (Fsp3) is 0.609. The van der Waals surface area contributed by atoms with Crippen molar-refractivity contribution in [2.24, 2.45) is 5.92 Å². The molecule has 2 aliphatic heterocycles. The summed E-state index contributed by atoms with van der Waals surface area (Å²) in [6.07, 6.45) is 1.61. The number of rotatable bonds is 2. The Bertz CT molecular complexity index is 798. The van der Waals surface area contributed by atoms with Gasteiger partial charge in [-0.2, -0.15) is 0 Å². The van der Waals surface area contributed by atoms with Gasteiger partial charge in [0.25, 0.3) is 5.91 Å². The van der Waals surface area contributed by atoms with E-state index in [2.05, 4.69) is 0 Å². The molecule has 1 aromatic carbocycles. The third-order valence-corrected chi connectivity index (χ3v) is 5.68. The zero-order chi connectivity index (χ0) is 22.6. The van der Waals surface area contributed by atoms with Crippen molar-refractivity contribution >= 4 is 17.9 Å². The van der Waals surface area contributed by atoms with Gasteiger partial charge < -0.3 is 19.4 Å². The average molecular weight is 434 g/mol. The van der Waals surface area contributed by atoms with Crippen molar-refractivity contribution < 1.29 is 23.5 Å². The summed E-state index contributed by atoms with van der Waals surface area (Å²) in [7, 11) is 0. The van der Waals surface area contributed by atoms with Crippen LogP contribution in [0, 0.1) is 11.7 Å². The summed E-state index contributed by atoms with van der Waals surface area (Å²) < 4.78 is 18.5. The molecular weight excluding hydrogens is 401 g/mol. The predicted molar refractivity (Wildman–Crippen MR) is 114 cm³/mol. The second-order valence-electron chi connectivity index (χ2n) is 9.22. The molecule has 0 atom stereocenters. The highest BCUT2D eigenvalue weighted by atomic mass is 19.1. The van der Waals surface area contributed by atoms with Crippen LogP contribution >= 0.6 is 0 Å². The maximum Gasteiger partial charge on any atom is 0.410 e. The highest BCUT2D eigenvalue weighted by molar-refractivity contribution is 5.94. The van der Waals surface area contributed by atoms with Gasteiger partial charge in [-0.3, -0.25) is 9.59 Å². The Morgan fingerprint density at radius 1 is 0.871 bits per heavy atom. The summed E-state index contributed by atoms with van der Waals surface area (Å²) in [4.78, 5) is 43.2. The SMILES string of the molecule is CC(C)(C)OC(=O)N1CCC(C(=O)N2CCCN(C(=O)c3ccc(F)cc3)CC2)CC1. The molecule has 0 radical (unpaired) electrons. The van der Waals surface area contributed by atoms with E-state index in [0.717, 1.165) is 0 Å². The van der Waals surface area contributed by atoms with Crippen LogP contribution in [0.4, 0.5) is 9.18 Å². The summed E-state index contributed by atoms with van der Waals surface area (Å²) in [6.45, 7) is 8.65. The van der Waals surface area contributed by atoms with Crippen LogP contribution in [0.25, 0.3) is 0 Å². The van der Waals surface area contributed by atoms with Crippen molar-refractivity contribution in [3.63, 3.8) is 0 Å². The lowest BCUT2D eigenvalue weighted by atomic mass is 9.95. The Kier molecular flexibility index (Phi) is 7.18. The van der Waals surface area contributed by atoms with Gasteiger partial charge in [-0.05, 0) is 64.3 Å².